The summed E-state index contributed by atoms with van der Waals surface area (Å²) in [4.78, 5) is 23.9. The zero-order chi connectivity index (χ0) is 72.6. The summed E-state index contributed by atoms with van der Waals surface area (Å²) in [6.45, 7) is 22.9. The first-order valence-electron chi connectivity index (χ1n) is 36.6. The van der Waals surface area contributed by atoms with Crippen molar-refractivity contribution in [1.29, 1.82) is 0 Å². The Morgan fingerprint density at radius 1 is 0.490 bits per heavy atom. The van der Waals surface area contributed by atoms with Crippen molar-refractivity contribution in [3.8, 4) is 45.9 Å². The van der Waals surface area contributed by atoms with Crippen LogP contribution in [0.3, 0.4) is 0 Å². The maximum Gasteiger partial charge on any atom is 0.158 e. The van der Waals surface area contributed by atoms with Crippen molar-refractivity contribution in [2.75, 3.05) is 69.2 Å². The zero-order valence-electron chi connectivity index (χ0n) is 62.0. The number of terminal acetylenes is 1. The quantitative estimate of drug-likeness (QED) is 0.0397. The number of rotatable bonds is 19. The van der Waals surface area contributed by atoms with E-state index in [1.807, 2.05) is 151 Å². The van der Waals surface area contributed by atoms with Crippen LogP contribution in [0.25, 0.3) is 32.3 Å². The van der Waals surface area contributed by atoms with Crippen LogP contribution < -0.4 is 16.4 Å². The molecular formula is C84H113BrClN3O12Sn. The Morgan fingerprint density at radius 3 is 1.24 bits per heavy atom. The van der Waals surface area contributed by atoms with Gasteiger partial charge >= 0.3 is 161 Å². The molecule has 4 unspecified atom stereocenters. The van der Waals surface area contributed by atoms with Crippen LogP contribution in [0.1, 0.15) is 189 Å². The van der Waals surface area contributed by atoms with Gasteiger partial charge in [0.25, 0.3) is 0 Å². The molecule has 4 N–H and O–H groups in total. The third-order valence-corrected chi connectivity index (χ3v) is 30.7. The minimum absolute atomic E-state index is 0. The molecule has 4 aliphatic rings. The maximum atomic E-state index is 12.1. The molecule has 15 nitrogen and oxygen atoms in total. The Labute approximate surface area is 628 Å². The normalized spacial score (nSPS) is 17.2. The second-order valence-corrected chi connectivity index (χ2v) is 40.6. The second kappa shape index (κ2) is 48.1. The summed E-state index contributed by atoms with van der Waals surface area (Å²) in [7, 11) is 0. The van der Waals surface area contributed by atoms with Crippen molar-refractivity contribution >= 4 is 108 Å². The average Bonchev–Trinajstić information content (AvgIpc) is 0.811. The summed E-state index contributed by atoms with van der Waals surface area (Å²) in [5.41, 5.74) is 9.02. The molecule has 4 saturated heterocycles. The van der Waals surface area contributed by atoms with Gasteiger partial charge in [0.05, 0.1) is 11.4 Å². The Bertz CT molecular complexity index is 3680. The minimum Gasteiger partial charge on any atom is -0.398 e. The Kier molecular flexibility index (Phi) is 40.8. The third-order valence-electron chi connectivity index (χ3n) is 16.8. The molecule has 0 bridgehead atoms. The van der Waals surface area contributed by atoms with Crippen LogP contribution in [-0.4, -0.2) is 120 Å². The van der Waals surface area contributed by atoms with Gasteiger partial charge < -0.3 is 43.6 Å². The molecule has 0 saturated carbocycles. The monoisotopic (exact) mass is 1590 g/mol. The fraction of sp³-hybridized carbons (Fsp3) is 0.524. The maximum absolute atomic E-state index is 12.1. The van der Waals surface area contributed by atoms with E-state index < -0.39 is 41.8 Å². The van der Waals surface area contributed by atoms with Crippen LogP contribution in [0.5, 0.6) is 0 Å². The van der Waals surface area contributed by atoms with Crippen LogP contribution in [-0.2, 0) is 47.4 Å². The topological polar surface area (TPSA) is 177 Å². The van der Waals surface area contributed by atoms with Crippen LogP contribution in [0.4, 0.5) is 26.7 Å². The number of unbranched alkanes of at least 4 members (excludes halogenated alkanes) is 3. The van der Waals surface area contributed by atoms with E-state index in [1.165, 1.54) is 77.5 Å². The summed E-state index contributed by atoms with van der Waals surface area (Å²) in [6.07, 6.45) is 25.1. The number of amides is 2. The van der Waals surface area contributed by atoms with Crippen LogP contribution in [0.2, 0.25) is 13.3 Å². The Morgan fingerprint density at radius 2 is 0.843 bits per heavy atom. The van der Waals surface area contributed by atoms with Crippen LogP contribution in [0.15, 0.2) is 114 Å². The van der Waals surface area contributed by atoms with E-state index >= 15 is 0 Å². The van der Waals surface area contributed by atoms with E-state index in [1.54, 1.807) is 0 Å². The first-order chi connectivity index (χ1) is 48.8. The van der Waals surface area contributed by atoms with Gasteiger partial charge in [-0.1, -0.05) is 118 Å². The number of carbonyl (C=O) groups is 2. The molecule has 6 aromatic carbocycles. The van der Waals surface area contributed by atoms with Gasteiger partial charge in [-0.05, 0) is 152 Å². The summed E-state index contributed by atoms with van der Waals surface area (Å²) in [6, 6.07) is 35.1. The molecular weight excluding hydrogens is 1480 g/mol. The van der Waals surface area contributed by atoms with Crippen molar-refractivity contribution in [3.05, 3.63) is 125 Å². The van der Waals surface area contributed by atoms with Crippen molar-refractivity contribution in [2.45, 2.75) is 228 Å². The van der Waals surface area contributed by atoms with E-state index in [0.29, 0.717) is 32.1 Å². The first-order valence-corrected chi connectivity index (χ1v) is 44.9. The van der Waals surface area contributed by atoms with Gasteiger partial charge in [-0.25, -0.2) is 9.59 Å². The minimum atomic E-state index is -2.27. The SMILES string of the molecule is C#CCOC1CCCCO1.CC(C)(C)OC(=O)Nc1ccc(Br)c2ccccc12.CC(C)(C)OC(=O)Nc1ccc(C#CCOC2CCCCO2)c2ccccc12.CCC[CH2][Sn]([C]#CCOC1CCCCO1)([CH2]CCC)[CH2]CCC.Cl.Nc1ccc(C#CCOC2CCCCO2)c2ccccc12. The number of nitrogen functional groups attached to an aromatic ring is 1. The predicted octanol–water partition coefficient (Wildman–Crippen LogP) is 20.9. The molecule has 4 heterocycles. The van der Waals surface area contributed by atoms with Gasteiger partial charge in [0, 0.05) is 57.3 Å². The molecule has 4 fully saturated rings. The molecule has 2 amide bonds. The number of nitrogens with two attached hydrogens (primary N) is 1. The van der Waals surface area contributed by atoms with E-state index in [-0.39, 0.29) is 37.6 Å². The fourth-order valence-electron chi connectivity index (χ4n) is 11.7. The van der Waals surface area contributed by atoms with Gasteiger partial charge in [-0.15, -0.1) is 18.8 Å². The summed E-state index contributed by atoms with van der Waals surface area (Å²) < 4.78 is 64.1. The van der Waals surface area contributed by atoms with E-state index in [2.05, 4.69) is 86.8 Å². The van der Waals surface area contributed by atoms with Gasteiger partial charge in [-0.2, -0.15) is 0 Å². The van der Waals surface area contributed by atoms with Crippen LogP contribution >= 0.6 is 28.3 Å². The molecule has 4 atom stereocenters. The molecule has 4 aliphatic heterocycles. The van der Waals surface area contributed by atoms with Crippen molar-refractivity contribution in [2.24, 2.45) is 0 Å². The molecule has 6 aromatic rings. The number of benzene rings is 6. The molecule has 102 heavy (non-hydrogen) atoms. The zero-order valence-corrected chi connectivity index (χ0v) is 67.3. The smallest absolute Gasteiger partial charge is 0.158 e. The Hall–Kier alpha value is -6.07. The van der Waals surface area contributed by atoms with Crippen LogP contribution in [0, 0.1) is 45.9 Å². The number of carbonyl (C=O) groups excluding carboxylic acids is 2. The summed E-state index contributed by atoms with van der Waals surface area (Å²) in [5, 5.41) is 11.6. The third kappa shape index (κ3) is 32.9. The molecule has 18 heteroatoms. The number of nitrogens with one attached hydrogen (secondary N) is 2. The summed E-state index contributed by atoms with van der Waals surface area (Å²) in [5.74, 6) is 18.3. The first kappa shape index (κ1) is 86.6. The summed E-state index contributed by atoms with van der Waals surface area (Å²) >= 11 is 1.23. The van der Waals surface area contributed by atoms with Crippen molar-refractivity contribution in [1.82, 2.24) is 0 Å². The number of hydrogen-bond acceptors (Lipinski definition) is 13. The standard InChI is InChI=1S/C23H27NO4.C18H19NO2.C15H16BrNO2.C8H12O2.C8H11O2.3C4H9.ClH.Sn/c1-23(2,3)28-22(25)24-20-14-13-17(18-10-4-5-11-19(18)20)9-8-16-27-21-12-6-7-15-26-21;19-17-11-10-14(15-7-1-2-8-16(15)17)6-5-13-21-18-9-3-4-12-20-18;1-15(2,3)19-14(18)17-13-9-8-12(16)10-6-4-5-7-11(10)13;2*1-2-6-9-8-5-3-4-7-10-8;3*1-3-4-2;;/h4-5,10-11,13-14,21H,6-7,12,15-16H2,1-3H3,(H,24,25);1-2,7-8,10-11,18H,3-4,9,12-13,19H2;4-9H,1-3H3,(H,17,18);1,8H,3-7H2;8H,3-7H2;3*1,3-4H2,2H3;1H;. The molecule has 10 rings (SSSR count). The average molecular weight is 1590 g/mol. The largest absolute Gasteiger partial charge is 0.398 e. The number of fused-ring (bicyclic) bond motifs is 3. The van der Waals surface area contributed by atoms with E-state index in [4.69, 9.17) is 59.5 Å². The molecule has 0 aromatic heterocycles. The predicted molar refractivity (Wildman–Crippen MR) is 424 cm³/mol. The number of hydrogen-bond donors (Lipinski definition) is 3. The number of anilines is 3. The van der Waals surface area contributed by atoms with Gasteiger partial charge in [-0.3, -0.25) is 10.6 Å². The molecule has 554 valence electrons. The number of halogens is 2. The number of ether oxygens (including phenoxy) is 10. The molecule has 0 aliphatic carbocycles. The van der Waals surface area contributed by atoms with E-state index in [9.17, 15) is 9.59 Å². The van der Waals surface area contributed by atoms with E-state index in [0.717, 1.165) is 137 Å². The van der Waals surface area contributed by atoms with Gasteiger partial charge in [0.2, 0.25) is 0 Å². The molecule has 0 spiro atoms. The van der Waals surface area contributed by atoms with Gasteiger partial charge in [0.1, 0.15) is 31.0 Å². The fourth-order valence-corrected chi connectivity index (χ4v) is 25.4. The second-order valence-electron chi connectivity index (χ2n) is 27.5. The van der Waals surface area contributed by atoms with Crippen molar-refractivity contribution < 1.29 is 57.0 Å². The molecule has 0 radical (unpaired) electrons. The van der Waals surface area contributed by atoms with Gasteiger partial charge in [0.15, 0.2) is 18.9 Å². The Balaban J connectivity index is 0.000000235. The van der Waals surface area contributed by atoms with Crippen molar-refractivity contribution in [3.63, 3.8) is 0 Å².